The Labute approximate surface area is 125 Å². The van der Waals surface area contributed by atoms with E-state index in [0.29, 0.717) is 0 Å². The molecule has 20 heavy (non-hydrogen) atoms. The topological polar surface area (TPSA) is 41.5 Å². The van der Waals surface area contributed by atoms with Gasteiger partial charge in [0.25, 0.3) is 0 Å². The maximum atomic E-state index is 9.66. The van der Waals surface area contributed by atoms with Gasteiger partial charge < -0.3 is 15.2 Å². The van der Waals surface area contributed by atoms with Gasteiger partial charge in [-0.15, -0.1) is 0 Å². The molecule has 1 fully saturated rings. The van der Waals surface area contributed by atoms with Crippen LogP contribution in [0.1, 0.15) is 71.6 Å². The summed E-state index contributed by atoms with van der Waals surface area (Å²) in [5, 5.41) is 13.2. The molecule has 1 atom stereocenters. The van der Waals surface area contributed by atoms with Gasteiger partial charge in [0.05, 0.1) is 6.61 Å². The Balaban J connectivity index is 2.13. The molecule has 0 saturated heterocycles. The molecular weight excluding hydrogens is 250 g/mol. The molecular formula is C17H35NO2. The summed E-state index contributed by atoms with van der Waals surface area (Å²) in [6.07, 6.45) is 11.0. The van der Waals surface area contributed by atoms with Crippen molar-refractivity contribution in [1.29, 1.82) is 0 Å². The average Bonchev–Trinajstić information content (AvgIpc) is 2.51. The summed E-state index contributed by atoms with van der Waals surface area (Å²) >= 11 is 0. The zero-order valence-electron chi connectivity index (χ0n) is 13.6. The van der Waals surface area contributed by atoms with Crippen molar-refractivity contribution in [2.75, 3.05) is 26.4 Å². The van der Waals surface area contributed by atoms with Gasteiger partial charge in [0, 0.05) is 18.8 Å². The van der Waals surface area contributed by atoms with E-state index in [1.807, 2.05) is 0 Å². The van der Waals surface area contributed by atoms with Gasteiger partial charge in [0.15, 0.2) is 0 Å². The van der Waals surface area contributed by atoms with Crippen LogP contribution in [0.3, 0.4) is 0 Å². The van der Waals surface area contributed by atoms with Crippen LogP contribution >= 0.6 is 0 Å². The Bertz CT molecular complexity index is 223. The van der Waals surface area contributed by atoms with Gasteiger partial charge in [-0.3, -0.25) is 0 Å². The van der Waals surface area contributed by atoms with Crippen LogP contribution in [0, 0.1) is 5.92 Å². The number of aliphatic hydroxyl groups excluding tert-OH is 1. The smallest absolute Gasteiger partial charge is 0.0613 e. The fraction of sp³-hybridized carbons (Fsp3) is 1.00. The first-order valence-electron chi connectivity index (χ1n) is 8.70. The molecule has 0 aromatic carbocycles. The van der Waals surface area contributed by atoms with Crippen molar-refractivity contribution in [2.45, 2.75) is 77.2 Å². The highest BCUT2D eigenvalue weighted by Crippen LogP contribution is 2.24. The number of hydrogen-bond acceptors (Lipinski definition) is 3. The summed E-state index contributed by atoms with van der Waals surface area (Å²) in [5.74, 6) is 0.802. The van der Waals surface area contributed by atoms with Crippen LogP contribution in [-0.2, 0) is 4.74 Å². The maximum Gasteiger partial charge on any atom is 0.0613 e. The standard InChI is InChI=1S/C17H35NO2/c1-3-12-18-17(4-2,15-19)11-8-13-20-14-16-9-6-5-7-10-16/h16,18-19H,3-15H2,1-2H3. The molecule has 120 valence electrons. The monoisotopic (exact) mass is 285 g/mol. The van der Waals surface area contributed by atoms with E-state index in [4.69, 9.17) is 4.74 Å². The van der Waals surface area contributed by atoms with E-state index < -0.39 is 0 Å². The largest absolute Gasteiger partial charge is 0.394 e. The predicted molar refractivity (Wildman–Crippen MR) is 85.0 cm³/mol. The summed E-state index contributed by atoms with van der Waals surface area (Å²) in [5.41, 5.74) is -0.0930. The van der Waals surface area contributed by atoms with Crippen molar-refractivity contribution in [2.24, 2.45) is 5.92 Å². The van der Waals surface area contributed by atoms with Gasteiger partial charge in [-0.25, -0.2) is 0 Å². The van der Waals surface area contributed by atoms with Crippen molar-refractivity contribution < 1.29 is 9.84 Å². The number of hydrogen-bond donors (Lipinski definition) is 2. The van der Waals surface area contributed by atoms with Crippen molar-refractivity contribution >= 4 is 0 Å². The average molecular weight is 285 g/mol. The Morgan fingerprint density at radius 1 is 1.20 bits per heavy atom. The summed E-state index contributed by atoms with van der Waals surface area (Å²) in [6.45, 7) is 7.32. The lowest BCUT2D eigenvalue weighted by molar-refractivity contribution is 0.0712. The lowest BCUT2D eigenvalue weighted by Crippen LogP contribution is -2.48. The Hall–Kier alpha value is -0.120. The second-order valence-electron chi connectivity index (χ2n) is 6.40. The van der Waals surface area contributed by atoms with Gasteiger partial charge in [-0.1, -0.05) is 33.1 Å². The van der Waals surface area contributed by atoms with Gasteiger partial charge in [-0.05, 0) is 51.0 Å². The predicted octanol–water partition coefficient (Wildman–Crippen LogP) is 3.50. The van der Waals surface area contributed by atoms with Gasteiger partial charge in [-0.2, -0.15) is 0 Å². The normalized spacial score (nSPS) is 19.9. The molecule has 0 bridgehead atoms. The first-order valence-corrected chi connectivity index (χ1v) is 8.70. The van der Waals surface area contributed by atoms with Crippen molar-refractivity contribution in [1.82, 2.24) is 5.32 Å². The molecule has 0 spiro atoms. The minimum absolute atomic E-state index is 0.0930. The molecule has 1 rings (SSSR count). The molecule has 0 aromatic rings. The molecule has 1 aliphatic carbocycles. The van der Waals surface area contributed by atoms with Gasteiger partial charge in [0.1, 0.15) is 0 Å². The van der Waals surface area contributed by atoms with Crippen LogP contribution < -0.4 is 5.32 Å². The molecule has 1 aliphatic rings. The van der Waals surface area contributed by atoms with Crippen LogP contribution in [-0.4, -0.2) is 37.0 Å². The SMILES string of the molecule is CCCNC(CC)(CO)CCCOCC1CCCCC1. The van der Waals surface area contributed by atoms with Crippen LogP contribution in [0.5, 0.6) is 0 Å². The molecule has 0 aromatic heterocycles. The lowest BCUT2D eigenvalue weighted by atomic mass is 9.90. The zero-order valence-corrected chi connectivity index (χ0v) is 13.6. The third-order valence-corrected chi connectivity index (χ3v) is 4.75. The minimum Gasteiger partial charge on any atom is -0.394 e. The molecule has 2 N–H and O–H groups in total. The van der Waals surface area contributed by atoms with E-state index in [9.17, 15) is 5.11 Å². The van der Waals surface area contributed by atoms with Crippen LogP contribution in [0.4, 0.5) is 0 Å². The molecule has 3 heteroatoms. The third kappa shape index (κ3) is 6.55. The van der Waals surface area contributed by atoms with Gasteiger partial charge >= 0.3 is 0 Å². The van der Waals surface area contributed by atoms with Crippen LogP contribution in [0.2, 0.25) is 0 Å². The first kappa shape index (κ1) is 17.9. The van der Waals surface area contributed by atoms with E-state index >= 15 is 0 Å². The third-order valence-electron chi connectivity index (χ3n) is 4.75. The maximum absolute atomic E-state index is 9.66. The zero-order chi connectivity index (χ0) is 14.7. The minimum atomic E-state index is -0.0930. The van der Waals surface area contributed by atoms with E-state index in [2.05, 4.69) is 19.2 Å². The Kier molecular flexibility index (Phi) is 9.49. The molecule has 0 radical (unpaired) electrons. The van der Waals surface area contributed by atoms with E-state index in [0.717, 1.165) is 51.4 Å². The molecule has 0 amide bonds. The van der Waals surface area contributed by atoms with Crippen LogP contribution in [0.15, 0.2) is 0 Å². The van der Waals surface area contributed by atoms with Crippen LogP contribution in [0.25, 0.3) is 0 Å². The summed E-state index contributed by atoms with van der Waals surface area (Å²) in [7, 11) is 0. The summed E-state index contributed by atoms with van der Waals surface area (Å²) in [4.78, 5) is 0. The summed E-state index contributed by atoms with van der Waals surface area (Å²) in [6, 6.07) is 0. The van der Waals surface area contributed by atoms with Crippen molar-refractivity contribution in [3.05, 3.63) is 0 Å². The number of ether oxygens (including phenoxy) is 1. The van der Waals surface area contributed by atoms with Crippen molar-refractivity contribution in [3.8, 4) is 0 Å². The lowest BCUT2D eigenvalue weighted by Gasteiger charge is -2.32. The molecule has 1 saturated carbocycles. The Morgan fingerprint density at radius 3 is 2.55 bits per heavy atom. The molecule has 3 nitrogen and oxygen atoms in total. The number of rotatable bonds is 11. The van der Waals surface area contributed by atoms with E-state index in [1.165, 1.54) is 32.1 Å². The highest BCUT2D eigenvalue weighted by atomic mass is 16.5. The highest BCUT2D eigenvalue weighted by molar-refractivity contribution is 4.85. The quantitative estimate of drug-likeness (QED) is 0.571. The van der Waals surface area contributed by atoms with Crippen molar-refractivity contribution in [3.63, 3.8) is 0 Å². The highest BCUT2D eigenvalue weighted by Gasteiger charge is 2.25. The van der Waals surface area contributed by atoms with E-state index in [-0.39, 0.29) is 12.1 Å². The van der Waals surface area contributed by atoms with Gasteiger partial charge in [0.2, 0.25) is 0 Å². The molecule has 0 aliphatic heterocycles. The van der Waals surface area contributed by atoms with E-state index in [1.54, 1.807) is 0 Å². The fourth-order valence-electron chi connectivity index (χ4n) is 3.14. The summed E-state index contributed by atoms with van der Waals surface area (Å²) < 4.78 is 5.85. The number of nitrogens with one attached hydrogen (secondary N) is 1. The first-order chi connectivity index (χ1) is 9.76. The number of aliphatic hydroxyl groups is 1. The Morgan fingerprint density at radius 2 is 1.95 bits per heavy atom. The fourth-order valence-corrected chi connectivity index (χ4v) is 3.14. The molecule has 1 unspecified atom stereocenters. The second kappa shape index (κ2) is 10.6. The molecule has 0 heterocycles. The second-order valence-corrected chi connectivity index (χ2v) is 6.40.